The number of carbonyl (C=O) groups is 1. The Bertz CT molecular complexity index is 621. The number of amides is 1. The molecule has 2 atom stereocenters. The van der Waals surface area contributed by atoms with E-state index >= 15 is 0 Å². The van der Waals surface area contributed by atoms with Crippen LogP contribution in [0.15, 0.2) is 47.1 Å². The van der Waals surface area contributed by atoms with Gasteiger partial charge in [0, 0.05) is 11.7 Å². The van der Waals surface area contributed by atoms with E-state index in [1.165, 1.54) is 5.56 Å². The Labute approximate surface area is 124 Å². The first kappa shape index (κ1) is 13.9. The molecule has 4 heteroatoms. The van der Waals surface area contributed by atoms with E-state index in [9.17, 15) is 4.79 Å². The number of para-hydroxylation sites is 1. The number of benzene rings is 1. The van der Waals surface area contributed by atoms with Crippen molar-refractivity contribution in [2.75, 3.05) is 4.90 Å². The fourth-order valence-corrected chi connectivity index (χ4v) is 2.86. The molecule has 0 fully saturated rings. The van der Waals surface area contributed by atoms with Crippen molar-refractivity contribution in [3.05, 3.63) is 54.0 Å². The van der Waals surface area contributed by atoms with Gasteiger partial charge in [0.1, 0.15) is 5.76 Å². The van der Waals surface area contributed by atoms with Crippen LogP contribution in [0.4, 0.5) is 5.69 Å². The third kappa shape index (κ3) is 2.72. The van der Waals surface area contributed by atoms with Gasteiger partial charge in [0.05, 0.1) is 18.8 Å². The van der Waals surface area contributed by atoms with E-state index in [0.29, 0.717) is 6.54 Å². The average molecular weight is 284 g/mol. The van der Waals surface area contributed by atoms with Crippen LogP contribution in [0.5, 0.6) is 0 Å². The first-order valence-electron chi connectivity index (χ1n) is 7.33. The third-order valence-electron chi connectivity index (χ3n) is 3.98. The number of hydrogen-bond donors (Lipinski definition) is 1. The number of nitrogens with zero attached hydrogens (tertiary/aromatic N) is 1. The summed E-state index contributed by atoms with van der Waals surface area (Å²) >= 11 is 0. The van der Waals surface area contributed by atoms with Crippen molar-refractivity contribution in [3.63, 3.8) is 0 Å². The topological polar surface area (TPSA) is 45.5 Å². The summed E-state index contributed by atoms with van der Waals surface area (Å²) in [6.45, 7) is 4.56. The van der Waals surface area contributed by atoms with Gasteiger partial charge in [-0.1, -0.05) is 18.2 Å². The quantitative estimate of drug-likeness (QED) is 0.939. The lowest BCUT2D eigenvalue weighted by Gasteiger charge is -2.26. The highest BCUT2D eigenvalue weighted by molar-refractivity contribution is 5.99. The SMILES string of the molecule is C[C@H](NCc1ccco1)C(=O)N1c2ccccc2C[C@H]1C. The Hall–Kier alpha value is -2.07. The van der Waals surface area contributed by atoms with Gasteiger partial charge in [-0.3, -0.25) is 10.1 Å². The van der Waals surface area contributed by atoms with E-state index in [0.717, 1.165) is 17.9 Å². The van der Waals surface area contributed by atoms with Gasteiger partial charge in [-0.15, -0.1) is 0 Å². The Balaban J connectivity index is 1.69. The highest BCUT2D eigenvalue weighted by Gasteiger charge is 2.32. The lowest BCUT2D eigenvalue weighted by molar-refractivity contribution is -0.120. The molecule has 1 aromatic carbocycles. The van der Waals surface area contributed by atoms with E-state index < -0.39 is 0 Å². The molecule has 0 saturated carbocycles. The minimum absolute atomic E-state index is 0.110. The average Bonchev–Trinajstić information content (AvgIpc) is 3.10. The minimum Gasteiger partial charge on any atom is -0.468 e. The smallest absolute Gasteiger partial charge is 0.244 e. The Kier molecular flexibility index (Phi) is 3.80. The molecular formula is C17H20N2O2. The standard InChI is InChI=1S/C17H20N2O2/c1-12-10-14-6-3-4-8-16(14)19(12)17(20)13(2)18-11-15-7-5-9-21-15/h3-9,12-13,18H,10-11H2,1-2H3/t12-,13+/m1/s1. The van der Waals surface area contributed by atoms with E-state index in [-0.39, 0.29) is 18.0 Å². The number of hydrogen-bond acceptors (Lipinski definition) is 3. The van der Waals surface area contributed by atoms with Gasteiger partial charge >= 0.3 is 0 Å². The molecule has 0 aliphatic carbocycles. The van der Waals surface area contributed by atoms with Crippen molar-refractivity contribution < 1.29 is 9.21 Å². The summed E-state index contributed by atoms with van der Waals surface area (Å²) < 4.78 is 5.28. The number of fused-ring (bicyclic) bond motifs is 1. The maximum Gasteiger partial charge on any atom is 0.244 e. The van der Waals surface area contributed by atoms with Crippen LogP contribution in [0.3, 0.4) is 0 Å². The van der Waals surface area contributed by atoms with Gasteiger partial charge in [-0.05, 0) is 44.0 Å². The predicted molar refractivity (Wildman–Crippen MR) is 82.1 cm³/mol. The van der Waals surface area contributed by atoms with Crippen LogP contribution in [0.2, 0.25) is 0 Å². The molecule has 2 aromatic rings. The van der Waals surface area contributed by atoms with Crippen LogP contribution >= 0.6 is 0 Å². The summed E-state index contributed by atoms with van der Waals surface area (Å²) in [7, 11) is 0. The molecular weight excluding hydrogens is 264 g/mol. The zero-order chi connectivity index (χ0) is 14.8. The molecule has 1 aliphatic rings. The van der Waals surface area contributed by atoms with Crippen LogP contribution in [-0.2, 0) is 17.8 Å². The zero-order valence-electron chi connectivity index (χ0n) is 12.4. The third-order valence-corrected chi connectivity index (χ3v) is 3.98. The molecule has 1 aliphatic heterocycles. The van der Waals surface area contributed by atoms with Gasteiger partial charge in [-0.2, -0.15) is 0 Å². The van der Waals surface area contributed by atoms with Crippen molar-refractivity contribution in [2.45, 2.75) is 38.9 Å². The monoisotopic (exact) mass is 284 g/mol. The Morgan fingerprint density at radius 2 is 2.19 bits per heavy atom. The minimum atomic E-state index is -0.247. The number of nitrogens with one attached hydrogen (secondary N) is 1. The predicted octanol–water partition coefficient (Wildman–Crippen LogP) is 2.74. The fraction of sp³-hybridized carbons (Fsp3) is 0.353. The molecule has 1 amide bonds. The highest BCUT2D eigenvalue weighted by Crippen LogP contribution is 2.32. The van der Waals surface area contributed by atoms with E-state index in [1.54, 1.807) is 6.26 Å². The summed E-state index contributed by atoms with van der Waals surface area (Å²) in [5, 5.41) is 3.23. The second kappa shape index (κ2) is 5.74. The van der Waals surface area contributed by atoms with Crippen molar-refractivity contribution in [3.8, 4) is 0 Å². The van der Waals surface area contributed by atoms with Crippen molar-refractivity contribution in [1.82, 2.24) is 5.32 Å². The molecule has 0 unspecified atom stereocenters. The van der Waals surface area contributed by atoms with Crippen LogP contribution in [0, 0.1) is 0 Å². The summed E-state index contributed by atoms with van der Waals surface area (Å²) in [5.74, 6) is 0.948. The zero-order valence-corrected chi connectivity index (χ0v) is 12.4. The van der Waals surface area contributed by atoms with Crippen LogP contribution in [0.25, 0.3) is 0 Å². The molecule has 2 heterocycles. The fourth-order valence-electron chi connectivity index (χ4n) is 2.86. The molecule has 1 N–H and O–H groups in total. The molecule has 4 nitrogen and oxygen atoms in total. The highest BCUT2D eigenvalue weighted by atomic mass is 16.3. The van der Waals surface area contributed by atoms with Crippen molar-refractivity contribution in [2.24, 2.45) is 0 Å². The first-order valence-corrected chi connectivity index (χ1v) is 7.33. The molecule has 0 bridgehead atoms. The van der Waals surface area contributed by atoms with E-state index in [1.807, 2.05) is 42.2 Å². The number of furan rings is 1. The Morgan fingerprint density at radius 3 is 2.95 bits per heavy atom. The van der Waals surface area contributed by atoms with Gasteiger partial charge in [0.15, 0.2) is 0 Å². The molecule has 0 spiro atoms. The summed E-state index contributed by atoms with van der Waals surface area (Å²) in [6, 6.07) is 11.8. The summed E-state index contributed by atoms with van der Waals surface area (Å²) in [5.41, 5.74) is 2.29. The number of anilines is 1. The van der Waals surface area contributed by atoms with Crippen molar-refractivity contribution in [1.29, 1.82) is 0 Å². The lowest BCUT2D eigenvalue weighted by atomic mass is 10.1. The van der Waals surface area contributed by atoms with Crippen LogP contribution in [-0.4, -0.2) is 18.0 Å². The second-order valence-corrected chi connectivity index (χ2v) is 5.57. The number of carbonyl (C=O) groups excluding carboxylic acids is 1. The van der Waals surface area contributed by atoms with Gasteiger partial charge in [0.2, 0.25) is 5.91 Å². The second-order valence-electron chi connectivity index (χ2n) is 5.57. The molecule has 1 aromatic heterocycles. The maximum atomic E-state index is 12.7. The van der Waals surface area contributed by atoms with Crippen LogP contribution < -0.4 is 10.2 Å². The Morgan fingerprint density at radius 1 is 1.38 bits per heavy atom. The summed E-state index contributed by atoms with van der Waals surface area (Å²) in [6.07, 6.45) is 2.56. The first-order chi connectivity index (χ1) is 10.2. The number of rotatable bonds is 4. The van der Waals surface area contributed by atoms with Crippen LogP contribution in [0.1, 0.15) is 25.2 Å². The summed E-state index contributed by atoms with van der Waals surface area (Å²) in [4.78, 5) is 14.6. The van der Waals surface area contributed by atoms with Gasteiger partial charge < -0.3 is 9.32 Å². The normalized spacial score (nSPS) is 18.6. The van der Waals surface area contributed by atoms with E-state index in [4.69, 9.17) is 4.42 Å². The van der Waals surface area contributed by atoms with Gasteiger partial charge in [-0.25, -0.2) is 0 Å². The lowest BCUT2D eigenvalue weighted by Crippen LogP contribution is -2.47. The van der Waals surface area contributed by atoms with Crippen molar-refractivity contribution >= 4 is 11.6 Å². The maximum absolute atomic E-state index is 12.7. The molecule has 110 valence electrons. The molecule has 3 rings (SSSR count). The largest absolute Gasteiger partial charge is 0.468 e. The molecule has 0 saturated heterocycles. The van der Waals surface area contributed by atoms with E-state index in [2.05, 4.69) is 18.3 Å². The molecule has 0 radical (unpaired) electrons. The molecule has 21 heavy (non-hydrogen) atoms. The van der Waals surface area contributed by atoms with Gasteiger partial charge in [0.25, 0.3) is 0 Å².